The summed E-state index contributed by atoms with van der Waals surface area (Å²) in [7, 11) is 0. The minimum atomic E-state index is 0.277. The van der Waals surface area contributed by atoms with Crippen LogP contribution in [0.3, 0.4) is 0 Å². The summed E-state index contributed by atoms with van der Waals surface area (Å²) >= 11 is 1.89. The van der Waals surface area contributed by atoms with Crippen molar-refractivity contribution < 1.29 is 4.42 Å². The normalized spacial score (nSPS) is 12.8. The standard InChI is InChI=1S/C14H19NOS/c1-3-8-15-14(11-7-9-16-10-11)13-6-5-12(4-2)17-13/h5-7,9-10,14-15H,3-4,8H2,1-2H3. The summed E-state index contributed by atoms with van der Waals surface area (Å²) in [5.41, 5.74) is 1.21. The van der Waals surface area contributed by atoms with Gasteiger partial charge in [0, 0.05) is 15.3 Å². The molecule has 92 valence electrons. The predicted octanol–water partition coefficient (Wildman–Crippen LogP) is 3.99. The van der Waals surface area contributed by atoms with Gasteiger partial charge in [0.2, 0.25) is 0 Å². The summed E-state index contributed by atoms with van der Waals surface area (Å²) < 4.78 is 5.19. The van der Waals surface area contributed by atoms with E-state index in [1.165, 1.54) is 15.3 Å². The van der Waals surface area contributed by atoms with Crippen molar-refractivity contribution in [2.24, 2.45) is 0 Å². The third-order valence-electron chi connectivity index (χ3n) is 2.79. The van der Waals surface area contributed by atoms with E-state index in [2.05, 4.69) is 31.3 Å². The Morgan fingerprint density at radius 2 is 2.18 bits per heavy atom. The molecular weight excluding hydrogens is 230 g/mol. The molecule has 0 spiro atoms. The average Bonchev–Trinajstić information content (AvgIpc) is 3.00. The Hall–Kier alpha value is -1.06. The van der Waals surface area contributed by atoms with Gasteiger partial charge >= 0.3 is 0 Å². The van der Waals surface area contributed by atoms with Crippen LogP contribution < -0.4 is 5.32 Å². The molecule has 0 fully saturated rings. The lowest BCUT2D eigenvalue weighted by Crippen LogP contribution is -2.21. The molecule has 1 atom stereocenters. The second kappa shape index (κ2) is 6.03. The molecule has 0 aliphatic heterocycles. The van der Waals surface area contributed by atoms with Crippen LogP contribution in [-0.2, 0) is 6.42 Å². The molecule has 2 rings (SSSR count). The predicted molar refractivity (Wildman–Crippen MR) is 72.5 cm³/mol. The topological polar surface area (TPSA) is 25.2 Å². The van der Waals surface area contributed by atoms with Crippen LogP contribution in [0, 0.1) is 0 Å². The van der Waals surface area contributed by atoms with Crippen molar-refractivity contribution in [3.63, 3.8) is 0 Å². The minimum absolute atomic E-state index is 0.277. The number of hydrogen-bond acceptors (Lipinski definition) is 3. The zero-order chi connectivity index (χ0) is 12.1. The number of aryl methyl sites for hydroxylation is 1. The first kappa shape index (κ1) is 12.4. The zero-order valence-corrected chi connectivity index (χ0v) is 11.2. The fourth-order valence-corrected chi connectivity index (χ4v) is 2.91. The van der Waals surface area contributed by atoms with E-state index in [4.69, 9.17) is 4.42 Å². The van der Waals surface area contributed by atoms with Crippen LogP contribution in [0.1, 0.15) is 41.6 Å². The average molecular weight is 249 g/mol. The van der Waals surface area contributed by atoms with E-state index >= 15 is 0 Å². The minimum Gasteiger partial charge on any atom is -0.472 e. The molecule has 0 amide bonds. The number of furan rings is 1. The van der Waals surface area contributed by atoms with Gasteiger partial charge in [-0.3, -0.25) is 0 Å². The van der Waals surface area contributed by atoms with Crippen LogP contribution in [0.2, 0.25) is 0 Å². The van der Waals surface area contributed by atoms with Gasteiger partial charge in [0.05, 0.1) is 18.6 Å². The van der Waals surface area contributed by atoms with E-state index in [1.807, 2.05) is 23.7 Å². The fraction of sp³-hybridized carbons (Fsp3) is 0.429. The lowest BCUT2D eigenvalue weighted by Gasteiger charge is -2.15. The molecule has 0 saturated heterocycles. The highest BCUT2D eigenvalue weighted by Gasteiger charge is 2.16. The third-order valence-corrected chi connectivity index (χ3v) is 4.08. The molecule has 0 saturated carbocycles. The monoisotopic (exact) mass is 249 g/mol. The summed E-state index contributed by atoms with van der Waals surface area (Å²) in [5, 5.41) is 3.58. The zero-order valence-electron chi connectivity index (χ0n) is 10.4. The molecule has 2 aromatic heterocycles. The lowest BCUT2D eigenvalue weighted by molar-refractivity contribution is 0.550. The van der Waals surface area contributed by atoms with Gasteiger partial charge < -0.3 is 9.73 Å². The largest absolute Gasteiger partial charge is 0.472 e. The molecule has 0 radical (unpaired) electrons. The summed E-state index contributed by atoms with van der Waals surface area (Å²) in [5.74, 6) is 0. The number of nitrogens with one attached hydrogen (secondary N) is 1. The molecule has 0 aromatic carbocycles. The molecule has 2 heterocycles. The molecule has 0 bridgehead atoms. The SMILES string of the molecule is CCCNC(c1ccoc1)c1ccc(CC)s1. The van der Waals surface area contributed by atoms with E-state index in [9.17, 15) is 0 Å². The maximum atomic E-state index is 5.19. The Bertz CT molecular complexity index is 433. The van der Waals surface area contributed by atoms with Gasteiger partial charge in [-0.1, -0.05) is 13.8 Å². The molecule has 2 nitrogen and oxygen atoms in total. The first-order chi connectivity index (χ1) is 8.35. The summed E-state index contributed by atoms with van der Waals surface area (Å²) in [6, 6.07) is 6.77. The third kappa shape index (κ3) is 2.99. The van der Waals surface area contributed by atoms with Crippen molar-refractivity contribution in [2.45, 2.75) is 32.7 Å². The van der Waals surface area contributed by atoms with Crippen molar-refractivity contribution >= 4 is 11.3 Å². The van der Waals surface area contributed by atoms with Crippen LogP contribution in [0.4, 0.5) is 0 Å². The quantitative estimate of drug-likeness (QED) is 0.837. The van der Waals surface area contributed by atoms with Crippen molar-refractivity contribution in [1.82, 2.24) is 5.32 Å². The van der Waals surface area contributed by atoms with Crippen LogP contribution in [0.15, 0.2) is 35.1 Å². The highest BCUT2D eigenvalue weighted by molar-refractivity contribution is 7.12. The smallest absolute Gasteiger partial charge is 0.0954 e. The second-order valence-electron chi connectivity index (χ2n) is 4.10. The summed E-state index contributed by atoms with van der Waals surface area (Å²) in [6.45, 7) is 5.41. The van der Waals surface area contributed by atoms with Gasteiger partial charge in [-0.15, -0.1) is 11.3 Å². The molecule has 3 heteroatoms. The van der Waals surface area contributed by atoms with Crippen LogP contribution in [0.25, 0.3) is 0 Å². The van der Waals surface area contributed by atoms with E-state index in [0.29, 0.717) is 0 Å². The van der Waals surface area contributed by atoms with Gasteiger partial charge in [-0.2, -0.15) is 0 Å². The first-order valence-electron chi connectivity index (χ1n) is 6.19. The van der Waals surface area contributed by atoms with Crippen LogP contribution in [0.5, 0.6) is 0 Å². The Labute approximate surface area is 107 Å². The van der Waals surface area contributed by atoms with Gasteiger partial charge in [0.15, 0.2) is 0 Å². The van der Waals surface area contributed by atoms with Gasteiger partial charge in [-0.05, 0) is 37.6 Å². The maximum absolute atomic E-state index is 5.19. The molecule has 0 aliphatic carbocycles. The maximum Gasteiger partial charge on any atom is 0.0954 e. The van der Waals surface area contributed by atoms with E-state index in [1.54, 1.807) is 6.26 Å². The number of thiophene rings is 1. The van der Waals surface area contributed by atoms with E-state index < -0.39 is 0 Å². The number of rotatable bonds is 6. The van der Waals surface area contributed by atoms with E-state index in [0.717, 1.165) is 19.4 Å². The fourth-order valence-electron chi connectivity index (χ4n) is 1.85. The van der Waals surface area contributed by atoms with Gasteiger partial charge in [0.25, 0.3) is 0 Å². The molecule has 2 aromatic rings. The highest BCUT2D eigenvalue weighted by atomic mass is 32.1. The second-order valence-corrected chi connectivity index (χ2v) is 5.30. The van der Waals surface area contributed by atoms with E-state index in [-0.39, 0.29) is 6.04 Å². The molecular formula is C14H19NOS. The van der Waals surface area contributed by atoms with Crippen molar-refractivity contribution in [1.29, 1.82) is 0 Å². The molecule has 1 unspecified atom stereocenters. The van der Waals surface area contributed by atoms with Crippen LogP contribution in [-0.4, -0.2) is 6.54 Å². The Kier molecular flexibility index (Phi) is 4.40. The number of hydrogen-bond donors (Lipinski definition) is 1. The Balaban J connectivity index is 2.20. The van der Waals surface area contributed by atoms with Crippen molar-refractivity contribution in [2.75, 3.05) is 6.54 Å². The lowest BCUT2D eigenvalue weighted by atomic mass is 10.1. The Morgan fingerprint density at radius 1 is 1.29 bits per heavy atom. The first-order valence-corrected chi connectivity index (χ1v) is 7.00. The Morgan fingerprint density at radius 3 is 2.76 bits per heavy atom. The van der Waals surface area contributed by atoms with Crippen LogP contribution >= 0.6 is 11.3 Å². The molecule has 17 heavy (non-hydrogen) atoms. The summed E-state index contributed by atoms with van der Waals surface area (Å²) in [4.78, 5) is 2.81. The highest BCUT2D eigenvalue weighted by Crippen LogP contribution is 2.29. The summed E-state index contributed by atoms with van der Waals surface area (Å²) in [6.07, 6.45) is 5.82. The van der Waals surface area contributed by atoms with Gasteiger partial charge in [-0.25, -0.2) is 0 Å². The molecule has 1 N–H and O–H groups in total. The van der Waals surface area contributed by atoms with Crippen molar-refractivity contribution in [3.8, 4) is 0 Å². The molecule has 0 aliphatic rings. The van der Waals surface area contributed by atoms with Crippen molar-refractivity contribution in [3.05, 3.63) is 46.0 Å². The van der Waals surface area contributed by atoms with Gasteiger partial charge in [0.1, 0.15) is 0 Å².